The second-order valence-corrected chi connectivity index (χ2v) is 5.72. The summed E-state index contributed by atoms with van der Waals surface area (Å²) in [5, 5.41) is 13.1. The zero-order valence-corrected chi connectivity index (χ0v) is 11.4. The molecule has 0 aliphatic heterocycles. The summed E-state index contributed by atoms with van der Waals surface area (Å²) in [6.07, 6.45) is 5.11. The molecule has 5 atom stereocenters. The molecule has 1 rings (SSSR count). The van der Waals surface area contributed by atoms with Crippen molar-refractivity contribution in [3.8, 4) is 0 Å². The van der Waals surface area contributed by atoms with Gasteiger partial charge in [-0.1, -0.05) is 47.0 Å². The minimum atomic E-state index is 0.270. The summed E-state index contributed by atoms with van der Waals surface area (Å²) in [5.41, 5.74) is 0. The van der Waals surface area contributed by atoms with Gasteiger partial charge in [0.25, 0.3) is 0 Å². The molecule has 0 radical (unpaired) electrons. The van der Waals surface area contributed by atoms with Crippen LogP contribution >= 0.6 is 0 Å². The summed E-state index contributed by atoms with van der Waals surface area (Å²) >= 11 is 0. The van der Waals surface area contributed by atoms with Gasteiger partial charge in [-0.2, -0.15) is 0 Å². The van der Waals surface area contributed by atoms with Crippen molar-refractivity contribution >= 4 is 0 Å². The van der Waals surface area contributed by atoms with E-state index in [0.29, 0.717) is 12.0 Å². The van der Waals surface area contributed by atoms with Gasteiger partial charge in [-0.25, -0.2) is 0 Å². The van der Waals surface area contributed by atoms with E-state index in [9.17, 15) is 5.11 Å². The molecular weight excluding hydrogens is 198 g/mol. The molecule has 1 fully saturated rings. The molecule has 1 aliphatic rings. The molecule has 5 unspecified atom stereocenters. The van der Waals surface area contributed by atoms with E-state index in [1.807, 2.05) is 0 Å². The Morgan fingerprint density at radius 3 is 2.56 bits per heavy atom. The zero-order chi connectivity index (χ0) is 12.1. The minimum absolute atomic E-state index is 0.270. The summed E-state index contributed by atoms with van der Waals surface area (Å²) in [6, 6.07) is 0.887. The summed E-state index contributed by atoms with van der Waals surface area (Å²) in [5.74, 6) is 2.13. The van der Waals surface area contributed by atoms with Crippen LogP contribution in [0.5, 0.6) is 0 Å². The van der Waals surface area contributed by atoms with E-state index >= 15 is 0 Å². The predicted molar refractivity (Wildman–Crippen MR) is 69.4 cm³/mol. The Balaban J connectivity index is 2.50. The van der Waals surface area contributed by atoms with Crippen LogP contribution in [0.1, 0.15) is 53.4 Å². The number of aliphatic hydroxyl groups excluding tert-OH is 1. The third-order valence-electron chi connectivity index (χ3n) is 4.66. The molecule has 0 heterocycles. The number of rotatable bonds is 5. The second-order valence-electron chi connectivity index (χ2n) is 5.72. The summed E-state index contributed by atoms with van der Waals surface area (Å²) in [6.45, 7) is 9.40. The van der Waals surface area contributed by atoms with Crippen LogP contribution in [0.4, 0.5) is 0 Å². The van der Waals surface area contributed by atoms with Crippen LogP contribution in [0, 0.1) is 17.8 Å². The third kappa shape index (κ3) is 3.46. The van der Waals surface area contributed by atoms with E-state index in [1.54, 1.807) is 0 Å². The fraction of sp³-hybridized carbons (Fsp3) is 1.00. The van der Waals surface area contributed by atoms with E-state index in [-0.39, 0.29) is 12.6 Å². The lowest BCUT2D eigenvalue weighted by Gasteiger charge is -2.38. The highest BCUT2D eigenvalue weighted by Crippen LogP contribution is 2.30. The molecule has 0 aromatic rings. The summed E-state index contributed by atoms with van der Waals surface area (Å²) in [4.78, 5) is 0. The molecule has 0 spiro atoms. The fourth-order valence-electron chi connectivity index (χ4n) is 2.77. The van der Waals surface area contributed by atoms with Gasteiger partial charge in [0.15, 0.2) is 0 Å². The number of nitrogens with one attached hydrogen (secondary N) is 1. The Bertz CT molecular complexity index is 195. The van der Waals surface area contributed by atoms with Crippen molar-refractivity contribution in [3.63, 3.8) is 0 Å². The average molecular weight is 227 g/mol. The smallest absolute Gasteiger partial charge is 0.0587 e. The molecule has 1 aliphatic carbocycles. The minimum Gasteiger partial charge on any atom is -0.395 e. The largest absolute Gasteiger partial charge is 0.395 e. The maximum Gasteiger partial charge on any atom is 0.0587 e. The number of hydrogen-bond donors (Lipinski definition) is 2. The Labute approximate surface area is 101 Å². The quantitative estimate of drug-likeness (QED) is 0.757. The molecule has 2 N–H and O–H groups in total. The molecular formula is C14H29NO. The SMILES string of the molecule is CCC(C)C(CO)NC1CCCC(C)C1C. The van der Waals surface area contributed by atoms with Crippen LogP contribution < -0.4 is 5.32 Å². The van der Waals surface area contributed by atoms with Crippen molar-refractivity contribution in [1.29, 1.82) is 0 Å². The highest BCUT2D eigenvalue weighted by molar-refractivity contribution is 4.86. The van der Waals surface area contributed by atoms with E-state index in [0.717, 1.165) is 18.3 Å². The zero-order valence-electron chi connectivity index (χ0n) is 11.4. The fourth-order valence-corrected chi connectivity index (χ4v) is 2.77. The summed E-state index contributed by atoms with van der Waals surface area (Å²) < 4.78 is 0. The van der Waals surface area contributed by atoms with Gasteiger partial charge in [0.05, 0.1) is 6.61 Å². The Morgan fingerprint density at radius 1 is 1.31 bits per heavy atom. The third-order valence-corrected chi connectivity index (χ3v) is 4.66. The van der Waals surface area contributed by atoms with Crippen LogP contribution in [0.2, 0.25) is 0 Å². The van der Waals surface area contributed by atoms with Crippen LogP contribution in [0.3, 0.4) is 0 Å². The Kier molecular flexibility index (Phi) is 5.77. The van der Waals surface area contributed by atoms with E-state index in [1.165, 1.54) is 19.3 Å². The molecule has 16 heavy (non-hydrogen) atoms. The maximum atomic E-state index is 9.45. The average Bonchev–Trinajstić information content (AvgIpc) is 2.30. The van der Waals surface area contributed by atoms with Gasteiger partial charge in [0.1, 0.15) is 0 Å². The summed E-state index contributed by atoms with van der Waals surface area (Å²) in [7, 11) is 0. The van der Waals surface area contributed by atoms with Crippen molar-refractivity contribution < 1.29 is 5.11 Å². The van der Waals surface area contributed by atoms with E-state index < -0.39 is 0 Å². The molecule has 1 saturated carbocycles. The lowest BCUT2D eigenvalue weighted by Crippen LogP contribution is -2.49. The topological polar surface area (TPSA) is 32.3 Å². The molecule has 2 nitrogen and oxygen atoms in total. The van der Waals surface area contributed by atoms with Crippen molar-refractivity contribution in [2.45, 2.75) is 65.5 Å². The monoisotopic (exact) mass is 227 g/mol. The van der Waals surface area contributed by atoms with Crippen LogP contribution in [-0.4, -0.2) is 23.8 Å². The first kappa shape index (κ1) is 14.0. The van der Waals surface area contributed by atoms with Gasteiger partial charge in [0.2, 0.25) is 0 Å². The van der Waals surface area contributed by atoms with Gasteiger partial charge < -0.3 is 10.4 Å². The van der Waals surface area contributed by atoms with E-state index in [4.69, 9.17) is 0 Å². The lowest BCUT2D eigenvalue weighted by atomic mass is 9.77. The highest BCUT2D eigenvalue weighted by Gasteiger charge is 2.29. The lowest BCUT2D eigenvalue weighted by molar-refractivity contribution is 0.140. The van der Waals surface area contributed by atoms with Crippen LogP contribution in [0.15, 0.2) is 0 Å². The molecule has 0 aromatic carbocycles. The van der Waals surface area contributed by atoms with Crippen molar-refractivity contribution in [2.24, 2.45) is 17.8 Å². The highest BCUT2D eigenvalue weighted by atomic mass is 16.3. The molecule has 96 valence electrons. The number of hydrogen-bond acceptors (Lipinski definition) is 2. The van der Waals surface area contributed by atoms with Crippen molar-refractivity contribution in [3.05, 3.63) is 0 Å². The molecule has 0 bridgehead atoms. The molecule has 2 heteroatoms. The van der Waals surface area contributed by atoms with Crippen molar-refractivity contribution in [1.82, 2.24) is 5.32 Å². The van der Waals surface area contributed by atoms with Crippen LogP contribution in [0.25, 0.3) is 0 Å². The predicted octanol–water partition coefficient (Wildman–Crippen LogP) is 2.81. The van der Waals surface area contributed by atoms with Gasteiger partial charge >= 0.3 is 0 Å². The van der Waals surface area contributed by atoms with Gasteiger partial charge in [0, 0.05) is 12.1 Å². The first-order valence-electron chi connectivity index (χ1n) is 6.97. The number of aliphatic hydroxyl groups is 1. The second kappa shape index (κ2) is 6.61. The Morgan fingerprint density at radius 2 is 2.00 bits per heavy atom. The normalized spacial score (nSPS) is 34.7. The van der Waals surface area contributed by atoms with Gasteiger partial charge in [-0.05, 0) is 24.2 Å². The van der Waals surface area contributed by atoms with Crippen LogP contribution in [-0.2, 0) is 0 Å². The first-order valence-corrected chi connectivity index (χ1v) is 6.97. The molecule has 0 saturated heterocycles. The standard InChI is InChI=1S/C14H29NO/c1-5-10(2)14(9-16)15-13-8-6-7-11(3)12(13)4/h10-16H,5-9H2,1-4H3. The maximum absolute atomic E-state index is 9.45. The van der Waals surface area contributed by atoms with Gasteiger partial charge in [-0.3, -0.25) is 0 Å². The molecule has 0 amide bonds. The van der Waals surface area contributed by atoms with Crippen molar-refractivity contribution in [2.75, 3.05) is 6.61 Å². The Hall–Kier alpha value is -0.0800. The first-order chi connectivity index (χ1) is 7.60. The van der Waals surface area contributed by atoms with Gasteiger partial charge in [-0.15, -0.1) is 0 Å². The van der Waals surface area contributed by atoms with E-state index in [2.05, 4.69) is 33.0 Å². The molecule has 0 aromatic heterocycles.